The second kappa shape index (κ2) is 7.54. The van der Waals surface area contributed by atoms with Crippen molar-refractivity contribution in [1.82, 2.24) is 20.5 Å². The number of fused-ring (bicyclic) bond motifs is 1. The summed E-state index contributed by atoms with van der Waals surface area (Å²) in [5.41, 5.74) is 7.54. The van der Waals surface area contributed by atoms with Crippen LogP contribution < -0.4 is 11.1 Å². The van der Waals surface area contributed by atoms with Gasteiger partial charge in [0.05, 0.1) is 15.9 Å². The minimum atomic E-state index is -0.294. The normalized spacial score (nSPS) is 10.8. The van der Waals surface area contributed by atoms with Gasteiger partial charge in [-0.05, 0) is 37.1 Å². The Labute approximate surface area is 164 Å². The summed E-state index contributed by atoms with van der Waals surface area (Å²) in [7, 11) is 0. The zero-order chi connectivity index (χ0) is 19.5. The maximum atomic E-state index is 12.3. The molecule has 0 aliphatic carbocycles. The molecular formula is C19H16N6O2S. The maximum absolute atomic E-state index is 12.3. The van der Waals surface area contributed by atoms with Crippen molar-refractivity contribution in [3.8, 4) is 16.8 Å². The van der Waals surface area contributed by atoms with E-state index in [1.165, 1.54) is 11.3 Å². The molecular weight excluding hydrogens is 376 g/mol. The van der Waals surface area contributed by atoms with Crippen LogP contribution in [-0.2, 0) is 6.42 Å². The Bertz CT molecular complexity index is 1150. The molecule has 0 atom stereocenters. The van der Waals surface area contributed by atoms with Crippen LogP contribution in [0.25, 0.3) is 21.0 Å². The fourth-order valence-electron chi connectivity index (χ4n) is 2.81. The van der Waals surface area contributed by atoms with Gasteiger partial charge in [0.2, 0.25) is 0 Å². The quantitative estimate of drug-likeness (QED) is 0.432. The van der Waals surface area contributed by atoms with Gasteiger partial charge in [0, 0.05) is 6.54 Å². The van der Waals surface area contributed by atoms with Crippen LogP contribution >= 0.6 is 11.3 Å². The summed E-state index contributed by atoms with van der Waals surface area (Å²) in [5, 5.41) is 19.2. The third kappa shape index (κ3) is 3.45. The largest absolute Gasteiger partial charge is 0.448 e. The monoisotopic (exact) mass is 392 g/mol. The lowest BCUT2D eigenvalue weighted by atomic mass is 10.1. The summed E-state index contributed by atoms with van der Waals surface area (Å²) in [4.78, 5) is 16.8. The molecule has 0 unspecified atom stereocenters. The number of H-pyrrole nitrogens is 1. The number of furan rings is 1. The van der Waals surface area contributed by atoms with Gasteiger partial charge in [-0.15, -0.1) is 11.3 Å². The molecule has 0 aliphatic rings. The van der Waals surface area contributed by atoms with Gasteiger partial charge in [0.25, 0.3) is 5.91 Å². The van der Waals surface area contributed by atoms with Crippen LogP contribution in [0, 0.1) is 11.3 Å². The third-order valence-electron chi connectivity index (χ3n) is 4.20. The summed E-state index contributed by atoms with van der Waals surface area (Å²) >= 11 is 1.52. The van der Waals surface area contributed by atoms with Crippen molar-refractivity contribution < 1.29 is 9.21 Å². The summed E-state index contributed by atoms with van der Waals surface area (Å²) in [6.45, 7) is 0.430. The number of nitrogen functional groups attached to an aromatic ring is 1. The highest BCUT2D eigenvalue weighted by Gasteiger charge is 2.15. The zero-order valence-electron chi connectivity index (χ0n) is 14.7. The fourth-order valence-corrected chi connectivity index (χ4v) is 3.73. The Kier molecular flexibility index (Phi) is 4.78. The molecule has 8 nitrogen and oxygen atoms in total. The second-order valence-electron chi connectivity index (χ2n) is 6.08. The van der Waals surface area contributed by atoms with Gasteiger partial charge in [-0.1, -0.05) is 12.1 Å². The van der Waals surface area contributed by atoms with Crippen LogP contribution in [0.3, 0.4) is 0 Å². The predicted molar refractivity (Wildman–Crippen MR) is 106 cm³/mol. The molecule has 1 amide bonds. The van der Waals surface area contributed by atoms with E-state index >= 15 is 0 Å². The van der Waals surface area contributed by atoms with E-state index in [0.29, 0.717) is 36.4 Å². The van der Waals surface area contributed by atoms with E-state index in [1.54, 1.807) is 12.1 Å². The number of carbonyl (C=O) groups excluding carboxylic acids is 1. The highest BCUT2D eigenvalue weighted by molar-refractivity contribution is 7.21. The molecule has 0 saturated heterocycles. The van der Waals surface area contributed by atoms with Crippen molar-refractivity contribution in [2.75, 3.05) is 12.3 Å². The van der Waals surface area contributed by atoms with E-state index in [1.807, 2.05) is 30.3 Å². The van der Waals surface area contributed by atoms with Gasteiger partial charge >= 0.3 is 0 Å². The van der Waals surface area contributed by atoms with Crippen molar-refractivity contribution in [3.63, 3.8) is 0 Å². The minimum absolute atomic E-state index is 0.194. The van der Waals surface area contributed by atoms with Gasteiger partial charge < -0.3 is 15.5 Å². The van der Waals surface area contributed by atoms with E-state index in [9.17, 15) is 4.79 Å². The van der Waals surface area contributed by atoms with Crippen molar-refractivity contribution in [3.05, 3.63) is 53.4 Å². The SMILES string of the molecule is N#Cc1c(N)n[nH]c1CCCNC(=O)c1ccc(-c2nc3ccccc3s2)o1. The number of nitrogens with one attached hydrogen (secondary N) is 2. The number of aromatic nitrogens is 3. The van der Waals surface area contributed by atoms with Crippen LogP contribution in [0.1, 0.15) is 28.2 Å². The van der Waals surface area contributed by atoms with Crippen LogP contribution in [-0.4, -0.2) is 27.6 Å². The molecule has 4 aromatic rings. The second-order valence-corrected chi connectivity index (χ2v) is 7.11. The molecule has 0 radical (unpaired) electrons. The van der Waals surface area contributed by atoms with Crippen molar-refractivity contribution >= 4 is 33.3 Å². The van der Waals surface area contributed by atoms with Gasteiger partial charge in [-0.3, -0.25) is 9.89 Å². The maximum Gasteiger partial charge on any atom is 0.287 e. The number of nitrogens with two attached hydrogens (primary N) is 1. The summed E-state index contributed by atoms with van der Waals surface area (Å²) < 4.78 is 6.74. The number of thiazole rings is 1. The first-order valence-corrected chi connectivity index (χ1v) is 9.44. The smallest absolute Gasteiger partial charge is 0.287 e. The minimum Gasteiger partial charge on any atom is -0.448 e. The van der Waals surface area contributed by atoms with E-state index in [-0.39, 0.29) is 17.5 Å². The lowest BCUT2D eigenvalue weighted by molar-refractivity contribution is 0.0926. The molecule has 1 aromatic carbocycles. The van der Waals surface area contributed by atoms with Crippen molar-refractivity contribution in [2.45, 2.75) is 12.8 Å². The van der Waals surface area contributed by atoms with Crippen LogP contribution in [0.5, 0.6) is 0 Å². The number of rotatable bonds is 6. The molecule has 140 valence electrons. The van der Waals surface area contributed by atoms with Crippen LogP contribution in [0.4, 0.5) is 5.82 Å². The molecule has 0 spiro atoms. The van der Waals surface area contributed by atoms with Crippen molar-refractivity contribution in [2.24, 2.45) is 0 Å². The summed E-state index contributed by atoms with van der Waals surface area (Å²) in [6, 6.07) is 13.2. The van der Waals surface area contributed by atoms with E-state index in [4.69, 9.17) is 15.4 Å². The number of amides is 1. The molecule has 9 heteroatoms. The molecule has 3 heterocycles. The Hall–Kier alpha value is -3.64. The van der Waals surface area contributed by atoms with E-state index in [2.05, 4.69) is 20.5 Å². The average molecular weight is 392 g/mol. The van der Waals surface area contributed by atoms with E-state index in [0.717, 1.165) is 15.2 Å². The zero-order valence-corrected chi connectivity index (χ0v) is 15.5. The highest BCUT2D eigenvalue weighted by atomic mass is 32.1. The number of hydrogen-bond acceptors (Lipinski definition) is 7. The Balaban J connectivity index is 1.35. The molecule has 4 rings (SSSR count). The first kappa shape index (κ1) is 17.8. The number of aryl methyl sites for hydroxylation is 1. The summed E-state index contributed by atoms with van der Waals surface area (Å²) in [6.07, 6.45) is 1.19. The molecule has 4 N–H and O–H groups in total. The molecule has 0 saturated carbocycles. The molecule has 3 aromatic heterocycles. The predicted octanol–water partition coefficient (Wildman–Crippen LogP) is 3.10. The lowest BCUT2D eigenvalue weighted by Gasteiger charge is -2.02. The third-order valence-corrected chi connectivity index (χ3v) is 5.26. The molecule has 0 fully saturated rings. The van der Waals surface area contributed by atoms with Crippen LogP contribution in [0.2, 0.25) is 0 Å². The lowest BCUT2D eigenvalue weighted by Crippen LogP contribution is -2.24. The van der Waals surface area contributed by atoms with Gasteiger partial charge in [0.15, 0.2) is 22.3 Å². The Morgan fingerprint density at radius 2 is 2.18 bits per heavy atom. The van der Waals surface area contributed by atoms with Crippen molar-refractivity contribution in [1.29, 1.82) is 5.26 Å². The number of carbonyl (C=O) groups is 1. The highest BCUT2D eigenvalue weighted by Crippen LogP contribution is 2.31. The number of para-hydroxylation sites is 1. The van der Waals surface area contributed by atoms with Gasteiger partial charge in [-0.2, -0.15) is 10.4 Å². The Morgan fingerprint density at radius 1 is 1.32 bits per heavy atom. The number of nitrogens with zero attached hydrogens (tertiary/aromatic N) is 3. The van der Waals surface area contributed by atoms with Gasteiger partial charge in [-0.25, -0.2) is 4.98 Å². The molecule has 28 heavy (non-hydrogen) atoms. The topological polar surface area (TPSA) is 134 Å². The average Bonchev–Trinajstić information content (AvgIpc) is 3.42. The van der Waals surface area contributed by atoms with Crippen LogP contribution in [0.15, 0.2) is 40.8 Å². The first-order valence-electron chi connectivity index (χ1n) is 8.62. The Morgan fingerprint density at radius 3 is 3.00 bits per heavy atom. The van der Waals surface area contributed by atoms with Gasteiger partial charge in [0.1, 0.15) is 11.6 Å². The first-order chi connectivity index (χ1) is 13.7. The standard InChI is InChI=1S/C19H16N6O2S/c20-10-11-12(24-25-17(11)21)5-3-9-22-18(26)14-7-8-15(27-14)19-23-13-4-1-2-6-16(13)28-19/h1-2,4,6-8H,3,5,9H2,(H,22,26)(H3,21,24,25). The number of hydrogen-bond donors (Lipinski definition) is 3. The fraction of sp³-hybridized carbons (Fsp3) is 0.158. The molecule has 0 bridgehead atoms. The number of aromatic amines is 1. The number of nitriles is 1. The number of anilines is 1. The number of benzene rings is 1. The van der Waals surface area contributed by atoms with E-state index < -0.39 is 0 Å². The summed E-state index contributed by atoms with van der Waals surface area (Å²) in [5.74, 6) is 0.701. The molecule has 0 aliphatic heterocycles.